The Hall–Kier alpha value is -2.13. The molecule has 1 aromatic carbocycles. The zero-order valence-corrected chi connectivity index (χ0v) is 15.4. The topological polar surface area (TPSA) is 118 Å². The van der Waals surface area contributed by atoms with Gasteiger partial charge in [-0.05, 0) is 32.4 Å². The van der Waals surface area contributed by atoms with Crippen molar-refractivity contribution in [3.8, 4) is 0 Å². The SMILES string of the molecule is Br.CC1(C)N=C(N)N=C(N)N1OCCCNC(=O)c1ccccc1. The van der Waals surface area contributed by atoms with Crippen LogP contribution in [0.4, 0.5) is 0 Å². The first-order chi connectivity index (χ1) is 10.9. The van der Waals surface area contributed by atoms with E-state index < -0.39 is 5.66 Å². The average Bonchev–Trinajstić information content (AvgIpc) is 2.49. The smallest absolute Gasteiger partial charge is 0.251 e. The molecule has 1 heterocycles. The minimum Gasteiger partial charge on any atom is -0.368 e. The number of nitrogens with zero attached hydrogens (tertiary/aromatic N) is 3. The number of nitrogens with one attached hydrogen (secondary N) is 1. The largest absolute Gasteiger partial charge is 0.368 e. The number of carbonyl (C=O) groups is 1. The number of halogens is 1. The van der Waals surface area contributed by atoms with Crippen LogP contribution in [-0.2, 0) is 4.84 Å². The fourth-order valence-electron chi connectivity index (χ4n) is 2.14. The van der Waals surface area contributed by atoms with Gasteiger partial charge in [-0.15, -0.1) is 17.0 Å². The van der Waals surface area contributed by atoms with Crippen molar-refractivity contribution in [2.75, 3.05) is 13.2 Å². The molecule has 132 valence electrons. The molecule has 0 aliphatic carbocycles. The number of hydrogen-bond donors (Lipinski definition) is 3. The Morgan fingerprint density at radius 1 is 1.29 bits per heavy atom. The van der Waals surface area contributed by atoms with Gasteiger partial charge in [0.1, 0.15) is 0 Å². The van der Waals surface area contributed by atoms with E-state index in [-0.39, 0.29) is 34.8 Å². The third-order valence-corrected chi connectivity index (χ3v) is 3.19. The highest BCUT2D eigenvalue weighted by molar-refractivity contribution is 8.93. The van der Waals surface area contributed by atoms with Crippen LogP contribution < -0.4 is 16.8 Å². The summed E-state index contributed by atoms with van der Waals surface area (Å²) in [7, 11) is 0. The van der Waals surface area contributed by atoms with Crippen LogP contribution in [0.2, 0.25) is 0 Å². The van der Waals surface area contributed by atoms with Crippen LogP contribution in [0.1, 0.15) is 30.6 Å². The summed E-state index contributed by atoms with van der Waals surface area (Å²) in [5.41, 5.74) is 11.3. The first kappa shape index (κ1) is 19.9. The third kappa shape index (κ3) is 5.20. The van der Waals surface area contributed by atoms with E-state index in [1.807, 2.05) is 32.0 Å². The normalized spacial score (nSPS) is 15.8. The lowest BCUT2D eigenvalue weighted by atomic mass is 10.2. The van der Waals surface area contributed by atoms with E-state index in [1.165, 1.54) is 5.06 Å². The molecule has 8 nitrogen and oxygen atoms in total. The maximum absolute atomic E-state index is 11.9. The number of carbonyl (C=O) groups excluding carboxylic acids is 1. The van der Waals surface area contributed by atoms with Gasteiger partial charge in [0.2, 0.25) is 11.9 Å². The lowest BCUT2D eigenvalue weighted by molar-refractivity contribution is -0.157. The Balaban J connectivity index is 0.00000288. The number of rotatable bonds is 6. The highest BCUT2D eigenvalue weighted by Gasteiger charge is 2.32. The van der Waals surface area contributed by atoms with E-state index >= 15 is 0 Å². The Kier molecular flexibility index (Phi) is 7.18. The molecule has 24 heavy (non-hydrogen) atoms. The second-order valence-corrected chi connectivity index (χ2v) is 5.54. The fraction of sp³-hybridized carbons (Fsp3) is 0.400. The summed E-state index contributed by atoms with van der Waals surface area (Å²) in [6.45, 7) is 4.49. The standard InChI is InChI=1S/C15H22N6O2.BrH/c1-15(2)20-13(16)19-14(17)21(15)23-10-6-9-18-12(22)11-7-4-3-5-8-11;/h3-5,7-8H,6,9-10H2,1-2H3,(H,18,22)(H4,16,17,19,20);1H. The Morgan fingerprint density at radius 2 is 1.96 bits per heavy atom. The fourth-order valence-corrected chi connectivity index (χ4v) is 2.14. The summed E-state index contributed by atoms with van der Waals surface area (Å²) >= 11 is 0. The molecular formula is C15H23BrN6O2. The van der Waals surface area contributed by atoms with E-state index in [0.717, 1.165) is 0 Å². The van der Waals surface area contributed by atoms with Gasteiger partial charge in [0, 0.05) is 12.1 Å². The number of aliphatic imine (C=N–C) groups is 2. The molecule has 5 N–H and O–H groups in total. The van der Waals surface area contributed by atoms with Crippen molar-refractivity contribution in [2.45, 2.75) is 25.9 Å². The quantitative estimate of drug-likeness (QED) is 0.617. The molecule has 1 aliphatic heterocycles. The van der Waals surface area contributed by atoms with E-state index in [0.29, 0.717) is 25.1 Å². The predicted octanol–water partition coefficient (Wildman–Crippen LogP) is 0.997. The van der Waals surface area contributed by atoms with Crippen LogP contribution in [0.5, 0.6) is 0 Å². The van der Waals surface area contributed by atoms with Crippen LogP contribution >= 0.6 is 17.0 Å². The molecular weight excluding hydrogens is 376 g/mol. The molecule has 2 rings (SSSR count). The van der Waals surface area contributed by atoms with Gasteiger partial charge in [0.05, 0.1) is 6.61 Å². The van der Waals surface area contributed by atoms with Crippen molar-refractivity contribution < 1.29 is 9.63 Å². The van der Waals surface area contributed by atoms with Crippen molar-refractivity contribution in [1.29, 1.82) is 0 Å². The minimum absolute atomic E-state index is 0. The molecule has 0 saturated carbocycles. The monoisotopic (exact) mass is 398 g/mol. The van der Waals surface area contributed by atoms with Crippen molar-refractivity contribution in [3.05, 3.63) is 35.9 Å². The number of benzene rings is 1. The number of nitrogens with two attached hydrogens (primary N) is 2. The maximum Gasteiger partial charge on any atom is 0.251 e. The maximum atomic E-state index is 11.9. The molecule has 0 saturated heterocycles. The van der Waals surface area contributed by atoms with Gasteiger partial charge in [-0.3, -0.25) is 9.63 Å². The van der Waals surface area contributed by atoms with Gasteiger partial charge in [-0.2, -0.15) is 10.1 Å². The lowest BCUT2D eigenvalue weighted by Crippen LogP contribution is -2.53. The molecule has 0 radical (unpaired) electrons. The number of hydroxylamine groups is 2. The van der Waals surface area contributed by atoms with Gasteiger partial charge in [-0.1, -0.05) is 18.2 Å². The highest BCUT2D eigenvalue weighted by atomic mass is 79.9. The predicted molar refractivity (Wildman–Crippen MR) is 98.8 cm³/mol. The van der Waals surface area contributed by atoms with Crippen molar-refractivity contribution in [2.24, 2.45) is 21.5 Å². The molecule has 9 heteroatoms. The van der Waals surface area contributed by atoms with Crippen molar-refractivity contribution in [3.63, 3.8) is 0 Å². The first-order valence-electron chi connectivity index (χ1n) is 7.36. The van der Waals surface area contributed by atoms with Gasteiger partial charge in [-0.25, -0.2) is 4.99 Å². The molecule has 0 fully saturated rings. The molecule has 0 unspecified atom stereocenters. The van der Waals surface area contributed by atoms with Crippen molar-refractivity contribution in [1.82, 2.24) is 10.4 Å². The summed E-state index contributed by atoms with van der Waals surface area (Å²) in [6.07, 6.45) is 0.623. The molecule has 0 spiro atoms. The molecule has 1 aliphatic rings. The molecule has 0 aromatic heterocycles. The minimum atomic E-state index is -0.719. The number of hydrogen-bond acceptors (Lipinski definition) is 7. The number of amides is 1. The number of guanidine groups is 2. The average molecular weight is 399 g/mol. The van der Waals surface area contributed by atoms with E-state index in [1.54, 1.807) is 12.1 Å². The van der Waals surface area contributed by atoms with Crippen LogP contribution in [0.15, 0.2) is 40.3 Å². The van der Waals surface area contributed by atoms with Gasteiger partial charge >= 0.3 is 0 Å². The Morgan fingerprint density at radius 3 is 2.58 bits per heavy atom. The second-order valence-electron chi connectivity index (χ2n) is 5.54. The second kappa shape index (κ2) is 8.65. The van der Waals surface area contributed by atoms with Crippen LogP contribution in [0, 0.1) is 0 Å². The summed E-state index contributed by atoms with van der Waals surface area (Å²) in [5, 5.41) is 4.25. The Labute approximate surface area is 151 Å². The summed E-state index contributed by atoms with van der Waals surface area (Å²) in [6, 6.07) is 9.05. The van der Waals surface area contributed by atoms with Crippen LogP contribution in [-0.4, -0.2) is 41.7 Å². The van der Waals surface area contributed by atoms with Gasteiger partial charge in [0.15, 0.2) is 5.66 Å². The zero-order chi connectivity index (χ0) is 16.9. The van der Waals surface area contributed by atoms with Crippen LogP contribution in [0.3, 0.4) is 0 Å². The molecule has 1 aromatic rings. The van der Waals surface area contributed by atoms with E-state index in [2.05, 4.69) is 15.3 Å². The Bertz CT molecular complexity index is 618. The molecule has 1 amide bonds. The molecule has 0 atom stereocenters. The van der Waals surface area contributed by atoms with Gasteiger partial charge in [0.25, 0.3) is 5.91 Å². The van der Waals surface area contributed by atoms with E-state index in [4.69, 9.17) is 16.3 Å². The third-order valence-electron chi connectivity index (χ3n) is 3.19. The highest BCUT2D eigenvalue weighted by Crippen LogP contribution is 2.19. The summed E-state index contributed by atoms with van der Waals surface area (Å²) < 4.78 is 0. The van der Waals surface area contributed by atoms with Gasteiger partial charge < -0.3 is 16.8 Å². The first-order valence-corrected chi connectivity index (χ1v) is 7.36. The van der Waals surface area contributed by atoms with E-state index in [9.17, 15) is 4.79 Å². The molecule has 0 bridgehead atoms. The zero-order valence-electron chi connectivity index (χ0n) is 13.7. The summed E-state index contributed by atoms with van der Waals surface area (Å²) in [4.78, 5) is 25.5. The lowest BCUT2D eigenvalue weighted by Gasteiger charge is -2.36. The van der Waals surface area contributed by atoms with Crippen LogP contribution in [0.25, 0.3) is 0 Å². The summed E-state index contributed by atoms with van der Waals surface area (Å²) in [5.74, 6) is 0.181. The van der Waals surface area contributed by atoms with Crippen molar-refractivity contribution >= 4 is 34.8 Å².